The van der Waals surface area contributed by atoms with Gasteiger partial charge in [0.25, 0.3) is 11.5 Å². The minimum atomic E-state index is -0.343. The van der Waals surface area contributed by atoms with Gasteiger partial charge < -0.3 is 24.6 Å². The molecule has 264 valence electrons. The topological polar surface area (TPSA) is 94.0 Å². The summed E-state index contributed by atoms with van der Waals surface area (Å²) in [6.45, 7) is 11.4. The summed E-state index contributed by atoms with van der Waals surface area (Å²) in [7, 11) is 9.56. The number of anilines is 3. The molecule has 1 aliphatic heterocycles. The molecule has 0 aliphatic carbocycles. The molecule has 1 aliphatic rings. The summed E-state index contributed by atoms with van der Waals surface area (Å²) in [4.78, 5) is 52.9. The molecule has 1 saturated heterocycles. The van der Waals surface area contributed by atoms with Gasteiger partial charge in [-0.2, -0.15) is 0 Å². The van der Waals surface area contributed by atoms with Gasteiger partial charge in [-0.1, -0.05) is 57.2 Å². The van der Waals surface area contributed by atoms with Gasteiger partial charge in [-0.15, -0.1) is 0 Å². The van der Waals surface area contributed by atoms with Crippen LogP contribution in [0.3, 0.4) is 0 Å². The van der Waals surface area contributed by atoms with Crippen molar-refractivity contribution in [2.75, 3.05) is 64.6 Å². The number of hydrogen-bond acceptors (Lipinski definition) is 7. The van der Waals surface area contributed by atoms with E-state index in [1.165, 1.54) is 10.1 Å². The molecule has 1 unspecified atom stereocenters. The number of carbonyl (C=O) groups is 2. The van der Waals surface area contributed by atoms with Crippen molar-refractivity contribution in [2.45, 2.75) is 45.6 Å². The van der Waals surface area contributed by atoms with Crippen LogP contribution in [0.1, 0.15) is 60.3 Å². The maximum atomic E-state index is 14.1. The summed E-state index contributed by atoms with van der Waals surface area (Å²) < 4.78 is 1.52. The Morgan fingerprint density at radius 2 is 1.60 bits per heavy atom. The van der Waals surface area contributed by atoms with Gasteiger partial charge in [0.1, 0.15) is 6.04 Å². The Bertz CT molecular complexity index is 1890. The van der Waals surface area contributed by atoms with Crippen molar-refractivity contribution in [3.8, 4) is 11.3 Å². The van der Waals surface area contributed by atoms with Crippen LogP contribution >= 0.6 is 0 Å². The van der Waals surface area contributed by atoms with Gasteiger partial charge in [0.2, 0.25) is 5.91 Å². The van der Waals surface area contributed by atoms with Crippen LogP contribution in [0.5, 0.6) is 0 Å². The number of hydrogen-bond donors (Lipinski definition) is 1. The molecule has 3 aromatic carbocycles. The zero-order valence-electron chi connectivity index (χ0n) is 30.9. The summed E-state index contributed by atoms with van der Waals surface area (Å²) in [5, 5.41) is 3.21. The Labute approximate surface area is 296 Å². The highest BCUT2D eigenvalue weighted by Gasteiger charge is 2.32. The molecule has 1 fully saturated rings. The summed E-state index contributed by atoms with van der Waals surface area (Å²) in [6.07, 6.45) is 2.53. The lowest BCUT2D eigenvalue weighted by atomic mass is 9.86. The third-order valence-corrected chi connectivity index (χ3v) is 9.50. The lowest BCUT2D eigenvalue weighted by Gasteiger charge is -2.37. The van der Waals surface area contributed by atoms with E-state index in [0.717, 1.165) is 41.9 Å². The van der Waals surface area contributed by atoms with E-state index in [0.29, 0.717) is 30.0 Å². The molecule has 1 aromatic heterocycles. The van der Waals surface area contributed by atoms with Crippen LogP contribution < -0.4 is 15.8 Å². The lowest BCUT2D eigenvalue weighted by Crippen LogP contribution is -2.48. The Balaban J connectivity index is 1.46. The number of piperazine rings is 1. The summed E-state index contributed by atoms with van der Waals surface area (Å²) in [5.41, 5.74) is 6.25. The monoisotopic (exact) mass is 677 g/mol. The fraction of sp³-hybridized carbons (Fsp3) is 0.400. The molecule has 1 N–H and O–H groups in total. The molecule has 1 atom stereocenters. The van der Waals surface area contributed by atoms with Crippen LogP contribution in [0.25, 0.3) is 11.3 Å². The number of nitrogens with zero attached hydrogens (tertiary/aromatic N) is 6. The SMILES string of the molecule is Cc1c(-c2cn(C)c(=O)c(Nc3ccc(C4C(=O)N(C)CCN4C)cc3)n2)cccc1N(CCCN(C)C)C(=O)c1ccc(C(C)(C)C)cc1. The molecule has 5 rings (SSSR count). The number of amides is 2. The van der Waals surface area contributed by atoms with Gasteiger partial charge in [0, 0.05) is 62.4 Å². The maximum absolute atomic E-state index is 14.1. The largest absolute Gasteiger partial charge is 0.343 e. The molecule has 2 heterocycles. The first kappa shape index (κ1) is 36.5. The molecule has 10 nitrogen and oxygen atoms in total. The van der Waals surface area contributed by atoms with Crippen LogP contribution in [-0.2, 0) is 17.3 Å². The normalized spacial score (nSPS) is 15.4. The van der Waals surface area contributed by atoms with Crippen LogP contribution in [0.15, 0.2) is 77.7 Å². The predicted molar refractivity (Wildman–Crippen MR) is 202 cm³/mol. The molecule has 10 heteroatoms. The highest BCUT2D eigenvalue weighted by Crippen LogP contribution is 2.32. The Morgan fingerprint density at radius 3 is 2.24 bits per heavy atom. The Morgan fingerprint density at radius 1 is 0.920 bits per heavy atom. The third kappa shape index (κ3) is 7.98. The predicted octanol–water partition coefficient (Wildman–Crippen LogP) is 5.84. The first-order chi connectivity index (χ1) is 23.6. The maximum Gasteiger partial charge on any atom is 0.293 e. The van der Waals surface area contributed by atoms with Crippen molar-refractivity contribution in [3.63, 3.8) is 0 Å². The first-order valence-electron chi connectivity index (χ1n) is 17.2. The smallest absolute Gasteiger partial charge is 0.293 e. The molecule has 2 amide bonds. The minimum Gasteiger partial charge on any atom is -0.343 e. The standard InChI is InChI=1S/C40H51N7O3/c1-27-32(12-10-13-34(27)47(23-11-22-43(5)6)37(48)29-14-18-30(19-15-29)40(2,3)4)33-26-46(9)39(50)36(42-33)41-31-20-16-28(17-21-31)35-38(49)45(8)25-24-44(35)7/h10,12-21,26,35H,11,22-25H2,1-9H3,(H,41,42). The van der Waals surface area contributed by atoms with Gasteiger partial charge in [-0.3, -0.25) is 19.3 Å². The molecule has 0 bridgehead atoms. The molecule has 50 heavy (non-hydrogen) atoms. The van der Waals surface area contributed by atoms with Gasteiger partial charge in [0.05, 0.1) is 5.69 Å². The number of likely N-dealkylation sites (N-methyl/N-ethyl adjacent to an activating group) is 2. The van der Waals surface area contributed by atoms with Gasteiger partial charge in [-0.25, -0.2) is 4.98 Å². The van der Waals surface area contributed by atoms with Crippen molar-refractivity contribution < 1.29 is 9.59 Å². The van der Waals surface area contributed by atoms with Crippen molar-refractivity contribution in [1.29, 1.82) is 0 Å². The summed E-state index contributed by atoms with van der Waals surface area (Å²) in [6, 6.07) is 21.0. The van der Waals surface area contributed by atoms with Crippen LogP contribution in [0.2, 0.25) is 0 Å². The molecule has 0 radical (unpaired) electrons. The Hall–Kier alpha value is -4.80. The van der Waals surface area contributed by atoms with Gasteiger partial charge >= 0.3 is 0 Å². The van der Waals surface area contributed by atoms with Gasteiger partial charge in [-0.05, 0) is 93.5 Å². The average molecular weight is 678 g/mol. The fourth-order valence-corrected chi connectivity index (χ4v) is 6.38. The number of nitrogens with one attached hydrogen (secondary N) is 1. The van der Waals surface area contributed by atoms with E-state index >= 15 is 0 Å². The summed E-state index contributed by atoms with van der Waals surface area (Å²) in [5.74, 6) is 0.194. The number of aryl methyl sites for hydroxylation is 1. The summed E-state index contributed by atoms with van der Waals surface area (Å²) >= 11 is 0. The van der Waals surface area contributed by atoms with Crippen molar-refractivity contribution >= 4 is 29.0 Å². The van der Waals surface area contributed by atoms with Crippen LogP contribution in [0.4, 0.5) is 17.2 Å². The van der Waals surface area contributed by atoms with E-state index in [-0.39, 0.29) is 34.6 Å². The second-order valence-electron chi connectivity index (χ2n) is 14.7. The Kier molecular flexibility index (Phi) is 10.9. The number of carbonyl (C=O) groups excluding carboxylic acids is 2. The first-order valence-corrected chi connectivity index (χ1v) is 17.2. The second-order valence-corrected chi connectivity index (χ2v) is 14.7. The molecule has 0 spiro atoms. The molecule has 0 saturated carbocycles. The van der Waals surface area contributed by atoms with E-state index < -0.39 is 0 Å². The van der Waals surface area contributed by atoms with E-state index in [4.69, 9.17) is 4.98 Å². The number of aromatic nitrogens is 2. The zero-order valence-corrected chi connectivity index (χ0v) is 30.9. The zero-order chi connectivity index (χ0) is 36.3. The average Bonchev–Trinajstić information content (AvgIpc) is 3.07. The third-order valence-electron chi connectivity index (χ3n) is 9.50. The molecular formula is C40H51N7O3. The van der Waals surface area contributed by atoms with Crippen LogP contribution in [0, 0.1) is 6.92 Å². The lowest BCUT2D eigenvalue weighted by molar-refractivity contribution is -0.139. The van der Waals surface area contributed by atoms with Crippen molar-refractivity contribution in [3.05, 3.63) is 106 Å². The van der Waals surface area contributed by atoms with Crippen molar-refractivity contribution in [1.82, 2.24) is 24.3 Å². The second kappa shape index (κ2) is 15.0. The highest BCUT2D eigenvalue weighted by atomic mass is 16.2. The highest BCUT2D eigenvalue weighted by molar-refractivity contribution is 6.07. The van der Waals surface area contributed by atoms with Crippen molar-refractivity contribution in [2.24, 2.45) is 7.05 Å². The minimum absolute atomic E-state index is 0.0124. The molecule has 4 aromatic rings. The van der Waals surface area contributed by atoms with E-state index in [1.54, 1.807) is 18.1 Å². The quantitative estimate of drug-likeness (QED) is 0.226. The van der Waals surface area contributed by atoms with Crippen LogP contribution in [-0.4, -0.2) is 90.4 Å². The van der Waals surface area contributed by atoms with E-state index in [9.17, 15) is 14.4 Å². The molecular weight excluding hydrogens is 626 g/mol. The van der Waals surface area contributed by atoms with Gasteiger partial charge in [0.15, 0.2) is 5.82 Å². The fourth-order valence-electron chi connectivity index (χ4n) is 6.38. The number of benzene rings is 3. The van der Waals surface area contributed by atoms with E-state index in [1.807, 2.05) is 107 Å². The van der Waals surface area contributed by atoms with E-state index in [2.05, 4.69) is 35.9 Å². The number of rotatable bonds is 10.